The molecule has 16 heavy (non-hydrogen) atoms. The van der Waals surface area contributed by atoms with Crippen LogP contribution in [0.4, 0.5) is 5.69 Å². The van der Waals surface area contributed by atoms with Gasteiger partial charge in [-0.2, -0.15) is 11.3 Å². The summed E-state index contributed by atoms with van der Waals surface area (Å²) in [6.07, 6.45) is 2.07. The van der Waals surface area contributed by atoms with Crippen LogP contribution in [0, 0.1) is 0 Å². The Kier molecular flexibility index (Phi) is 2.38. The molecule has 2 nitrogen and oxygen atoms in total. The third-order valence-electron chi connectivity index (χ3n) is 2.68. The van der Waals surface area contributed by atoms with Crippen molar-refractivity contribution >= 4 is 27.9 Å². The maximum Gasteiger partial charge on any atom is 0.0457 e. The Labute approximate surface area is 97.9 Å². The first-order chi connectivity index (χ1) is 7.93. The summed E-state index contributed by atoms with van der Waals surface area (Å²) < 4.78 is 0. The molecule has 0 fully saturated rings. The summed E-state index contributed by atoms with van der Waals surface area (Å²) >= 11 is 1.71. The summed E-state index contributed by atoms with van der Waals surface area (Å²) in [6, 6.07) is 10.5. The molecule has 0 saturated carbocycles. The molecule has 1 aromatic carbocycles. The van der Waals surface area contributed by atoms with Crippen LogP contribution >= 0.6 is 11.3 Å². The summed E-state index contributed by atoms with van der Waals surface area (Å²) in [6.45, 7) is 0.862. The predicted octanol–water partition coefficient (Wildman–Crippen LogP) is 3.84. The lowest BCUT2D eigenvalue weighted by atomic mass is 10.2. The molecule has 0 aliphatic heterocycles. The molecule has 0 bridgehead atoms. The fraction of sp³-hybridized carbons (Fsp3) is 0.0769. The summed E-state index contributed by atoms with van der Waals surface area (Å²) in [5, 5.41) is 8.91. The van der Waals surface area contributed by atoms with E-state index in [1.54, 1.807) is 11.3 Å². The molecule has 2 N–H and O–H groups in total. The lowest BCUT2D eigenvalue weighted by molar-refractivity contribution is 1.17. The van der Waals surface area contributed by atoms with Gasteiger partial charge in [0.1, 0.15) is 0 Å². The topological polar surface area (TPSA) is 27.8 Å². The van der Waals surface area contributed by atoms with Crippen LogP contribution in [0.5, 0.6) is 0 Å². The second kappa shape index (κ2) is 4.02. The Hall–Kier alpha value is -1.74. The second-order valence-electron chi connectivity index (χ2n) is 3.73. The zero-order chi connectivity index (χ0) is 10.8. The quantitative estimate of drug-likeness (QED) is 0.700. The Morgan fingerprint density at radius 3 is 3.00 bits per heavy atom. The molecule has 3 rings (SSSR count). The number of rotatable bonds is 3. The van der Waals surface area contributed by atoms with Crippen molar-refractivity contribution in [2.24, 2.45) is 0 Å². The fourth-order valence-corrected chi connectivity index (χ4v) is 2.45. The first kappa shape index (κ1) is 9.48. The molecule has 2 aromatic heterocycles. The van der Waals surface area contributed by atoms with Gasteiger partial charge < -0.3 is 10.3 Å². The average Bonchev–Trinajstić information content (AvgIpc) is 2.96. The number of aromatic nitrogens is 1. The number of aromatic amines is 1. The monoisotopic (exact) mass is 228 g/mol. The van der Waals surface area contributed by atoms with Crippen LogP contribution in [-0.2, 0) is 6.54 Å². The maximum absolute atomic E-state index is 3.41. The number of hydrogen-bond acceptors (Lipinski definition) is 2. The largest absolute Gasteiger partial charge is 0.380 e. The molecule has 2 heterocycles. The van der Waals surface area contributed by atoms with Crippen molar-refractivity contribution in [3.63, 3.8) is 0 Å². The van der Waals surface area contributed by atoms with Crippen LogP contribution in [0.25, 0.3) is 10.9 Å². The van der Waals surface area contributed by atoms with Gasteiger partial charge in [-0.1, -0.05) is 18.2 Å². The molecule has 0 unspecified atom stereocenters. The maximum atomic E-state index is 3.41. The number of hydrogen-bond donors (Lipinski definition) is 2. The SMILES string of the molecule is c1ccc2c(CNc3ccsc3)c[nH]c2c1. The number of thiophene rings is 1. The van der Waals surface area contributed by atoms with Crippen LogP contribution in [0.3, 0.4) is 0 Å². The van der Waals surface area contributed by atoms with Crippen molar-refractivity contribution in [3.05, 3.63) is 52.9 Å². The van der Waals surface area contributed by atoms with Crippen molar-refractivity contribution in [2.45, 2.75) is 6.54 Å². The summed E-state index contributed by atoms with van der Waals surface area (Å²) in [7, 11) is 0. The Balaban J connectivity index is 1.84. The highest BCUT2D eigenvalue weighted by Crippen LogP contribution is 2.19. The first-order valence-electron chi connectivity index (χ1n) is 5.24. The third kappa shape index (κ3) is 1.70. The van der Waals surface area contributed by atoms with Gasteiger partial charge in [0.15, 0.2) is 0 Å². The molecule has 0 amide bonds. The van der Waals surface area contributed by atoms with E-state index < -0.39 is 0 Å². The smallest absolute Gasteiger partial charge is 0.0457 e. The van der Waals surface area contributed by atoms with Gasteiger partial charge in [0.25, 0.3) is 0 Å². The second-order valence-corrected chi connectivity index (χ2v) is 4.51. The molecule has 0 spiro atoms. The summed E-state index contributed by atoms with van der Waals surface area (Å²) in [4.78, 5) is 3.28. The zero-order valence-corrected chi connectivity index (χ0v) is 9.55. The lowest BCUT2D eigenvalue weighted by Crippen LogP contribution is -1.96. The number of benzene rings is 1. The van der Waals surface area contributed by atoms with E-state index >= 15 is 0 Å². The first-order valence-corrected chi connectivity index (χ1v) is 6.19. The van der Waals surface area contributed by atoms with E-state index in [1.165, 1.54) is 22.2 Å². The van der Waals surface area contributed by atoms with Crippen LogP contribution < -0.4 is 5.32 Å². The van der Waals surface area contributed by atoms with Gasteiger partial charge >= 0.3 is 0 Å². The van der Waals surface area contributed by atoms with E-state index in [0.29, 0.717) is 0 Å². The van der Waals surface area contributed by atoms with Crippen molar-refractivity contribution in [2.75, 3.05) is 5.32 Å². The van der Waals surface area contributed by atoms with E-state index in [1.807, 2.05) is 0 Å². The van der Waals surface area contributed by atoms with E-state index in [2.05, 4.69) is 57.6 Å². The van der Waals surface area contributed by atoms with Crippen LogP contribution in [-0.4, -0.2) is 4.98 Å². The number of para-hydroxylation sites is 1. The van der Waals surface area contributed by atoms with Gasteiger partial charge in [-0.05, 0) is 23.1 Å². The minimum atomic E-state index is 0.862. The van der Waals surface area contributed by atoms with Crippen molar-refractivity contribution in [1.82, 2.24) is 4.98 Å². The molecule has 0 saturated heterocycles. The Morgan fingerprint density at radius 1 is 1.19 bits per heavy atom. The van der Waals surface area contributed by atoms with Gasteiger partial charge in [0, 0.05) is 34.7 Å². The van der Waals surface area contributed by atoms with E-state index in [0.717, 1.165) is 6.54 Å². The molecule has 80 valence electrons. The van der Waals surface area contributed by atoms with Crippen molar-refractivity contribution < 1.29 is 0 Å². The minimum absolute atomic E-state index is 0.862. The van der Waals surface area contributed by atoms with E-state index in [9.17, 15) is 0 Å². The molecule has 0 aliphatic rings. The van der Waals surface area contributed by atoms with Gasteiger partial charge in [-0.25, -0.2) is 0 Å². The predicted molar refractivity (Wildman–Crippen MR) is 69.9 cm³/mol. The fourth-order valence-electron chi connectivity index (χ4n) is 1.84. The number of anilines is 1. The summed E-state index contributed by atoms with van der Waals surface area (Å²) in [5.74, 6) is 0. The molecule has 0 atom stereocenters. The van der Waals surface area contributed by atoms with Gasteiger partial charge in [-0.3, -0.25) is 0 Å². The van der Waals surface area contributed by atoms with Crippen molar-refractivity contribution in [1.29, 1.82) is 0 Å². The standard InChI is InChI=1S/C13H12N2S/c1-2-4-13-12(3-1)10(8-15-13)7-14-11-5-6-16-9-11/h1-6,8-9,14-15H,7H2. The highest BCUT2D eigenvalue weighted by atomic mass is 32.1. The molecular formula is C13H12N2S. The zero-order valence-electron chi connectivity index (χ0n) is 8.73. The molecule has 3 aromatic rings. The molecule has 0 radical (unpaired) electrons. The minimum Gasteiger partial charge on any atom is -0.380 e. The van der Waals surface area contributed by atoms with Gasteiger partial charge in [-0.15, -0.1) is 0 Å². The van der Waals surface area contributed by atoms with Crippen LogP contribution in [0.15, 0.2) is 47.3 Å². The van der Waals surface area contributed by atoms with E-state index in [-0.39, 0.29) is 0 Å². The van der Waals surface area contributed by atoms with Crippen LogP contribution in [0.2, 0.25) is 0 Å². The number of H-pyrrole nitrogens is 1. The molecule has 3 heteroatoms. The van der Waals surface area contributed by atoms with Gasteiger partial charge in [0.2, 0.25) is 0 Å². The average molecular weight is 228 g/mol. The van der Waals surface area contributed by atoms with E-state index in [4.69, 9.17) is 0 Å². The highest BCUT2D eigenvalue weighted by molar-refractivity contribution is 7.08. The Bertz CT molecular complexity index is 581. The molecular weight excluding hydrogens is 216 g/mol. The summed E-state index contributed by atoms with van der Waals surface area (Å²) in [5.41, 5.74) is 3.70. The van der Waals surface area contributed by atoms with Crippen LogP contribution in [0.1, 0.15) is 5.56 Å². The normalized spacial score (nSPS) is 10.8. The molecule has 0 aliphatic carbocycles. The number of nitrogens with one attached hydrogen (secondary N) is 2. The third-order valence-corrected chi connectivity index (χ3v) is 3.36. The number of fused-ring (bicyclic) bond motifs is 1. The Morgan fingerprint density at radius 2 is 2.12 bits per heavy atom. The van der Waals surface area contributed by atoms with Gasteiger partial charge in [0.05, 0.1) is 0 Å². The van der Waals surface area contributed by atoms with Crippen molar-refractivity contribution in [3.8, 4) is 0 Å². The highest BCUT2D eigenvalue weighted by Gasteiger charge is 2.02. The lowest BCUT2D eigenvalue weighted by Gasteiger charge is -2.02.